The molecule has 0 aliphatic heterocycles. The van der Waals surface area contributed by atoms with Gasteiger partial charge in [-0.25, -0.2) is 0 Å². The summed E-state index contributed by atoms with van der Waals surface area (Å²) >= 11 is 5.94. The van der Waals surface area contributed by atoms with Crippen molar-refractivity contribution in [2.75, 3.05) is 31.1 Å². The van der Waals surface area contributed by atoms with Gasteiger partial charge >= 0.3 is 0 Å². The third-order valence-electron chi connectivity index (χ3n) is 3.33. The van der Waals surface area contributed by atoms with Crippen molar-refractivity contribution in [2.45, 2.75) is 33.7 Å². The van der Waals surface area contributed by atoms with E-state index in [1.807, 2.05) is 12.1 Å². The number of rotatable bonds is 7. The van der Waals surface area contributed by atoms with E-state index in [0.717, 1.165) is 31.2 Å². The Morgan fingerprint density at radius 2 is 1.56 bits per heavy atom. The van der Waals surface area contributed by atoms with Crippen molar-refractivity contribution < 1.29 is 0 Å². The first kappa shape index (κ1) is 15.3. The molecule has 0 aliphatic carbocycles. The van der Waals surface area contributed by atoms with Crippen molar-refractivity contribution >= 4 is 17.3 Å². The van der Waals surface area contributed by atoms with Gasteiger partial charge in [-0.3, -0.25) is 0 Å². The number of hydrogen-bond acceptors (Lipinski definition) is 2. The van der Waals surface area contributed by atoms with E-state index in [1.54, 1.807) is 0 Å². The van der Waals surface area contributed by atoms with E-state index in [1.165, 1.54) is 5.69 Å². The van der Waals surface area contributed by atoms with Crippen LogP contribution in [-0.2, 0) is 0 Å². The van der Waals surface area contributed by atoms with Crippen LogP contribution in [0.3, 0.4) is 0 Å². The molecule has 3 heteroatoms. The van der Waals surface area contributed by atoms with Crippen LogP contribution in [0, 0.1) is 0 Å². The van der Waals surface area contributed by atoms with Crippen LogP contribution in [0.4, 0.5) is 5.69 Å². The fourth-order valence-electron chi connectivity index (χ4n) is 2.11. The van der Waals surface area contributed by atoms with Gasteiger partial charge in [-0.15, -0.1) is 0 Å². The first-order chi connectivity index (χ1) is 8.58. The summed E-state index contributed by atoms with van der Waals surface area (Å²) in [7, 11) is 0. The van der Waals surface area contributed by atoms with E-state index in [-0.39, 0.29) is 0 Å². The highest BCUT2D eigenvalue weighted by molar-refractivity contribution is 6.30. The zero-order chi connectivity index (χ0) is 13.5. The molecule has 1 aromatic rings. The van der Waals surface area contributed by atoms with Crippen LogP contribution in [0.15, 0.2) is 24.3 Å². The minimum absolute atomic E-state index is 0.502. The SMILES string of the molecule is CCN(CC)CCN(c1ccc(Cl)cc1)C(C)C. The summed E-state index contributed by atoms with van der Waals surface area (Å²) in [6.07, 6.45) is 0. The van der Waals surface area contributed by atoms with E-state index >= 15 is 0 Å². The summed E-state index contributed by atoms with van der Waals surface area (Å²) in [5, 5.41) is 0.797. The van der Waals surface area contributed by atoms with Crippen molar-refractivity contribution in [1.29, 1.82) is 0 Å². The summed E-state index contributed by atoms with van der Waals surface area (Å²) in [5.41, 5.74) is 1.25. The minimum Gasteiger partial charge on any atom is -0.368 e. The van der Waals surface area contributed by atoms with Gasteiger partial charge in [0.2, 0.25) is 0 Å². The predicted octanol–water partition coefficient (Wildman–Crippen LogP) is 3.90. The summed E-state index contributed by atoms with van der Waals surface area (Å²) in [6.45, 7) is 13.3. The van der Waals surface area contributed by atoms with E-state index in [0.29, 0.717) is 6.04 Å². The summed E-state index contributed by atoms with van der Waals surface area (Å²) < 4.78 is 0. The quantitative estimate of drug-likeness (QED) is 0.740. The Labute approximate surface area is 117 Å². The Bertz CT molecular complexity index is 331. The van der Waals surface area contributed by atoms with Gasteiger partial charge in [0.05, 0.1) is 0 Å². The molecule has 0 N–H and O–H groups in total. The third kappa shape index (κ3) is 4.51. The largest absolute Gasteiger partial charge is 0.368 e. The molecule has 0 amide bonds. The molecule has 0 aromatic heterocycles. The highest BCUT2D eigenvalue weighted by Crippen LogP contribution is 2.19. The molecule has 0 fully saturated rings. The van der Waals surface area contributed by atoms with Gasteiger partial charge in [0, 0.05) is 29.8 Å². The minimum atomic E-state index is 0.502. The van der Waals surface area contributed by atoms with Gasteiger partial charge in [0.15, 0.2) is 0 Å². The molecule has 0 bridgehead atoms. The highest BCUT2D eigenvalue weighted by atomic mass is 35.5. The predicted molar refractivity (Wildman–Crippen MR) is 81.7 cm³/mol. The van der Waals surface area contributed by atoms with Crippen LogP contribution in [0.2, 0.25) is 5.02 Å². The first-order valence-electron chi connectivity index (χ1n) is 6.83. The molecule has 0 atom stereocenters. The molecule has 0 aliphatic rings. The molecule has 1 aromatic carbocycles. The lowest BCUT2D eigenvalue weighted by Gasteiger charge is -2.31. The summed E-state index contributed by atoms with van der Waals surface area (Å²) in [5.74, 6) is 0. The van der Waals surface area contributed by atoms with Crippen molar-refractivity contribution in [3.8, 4) is 0 Å². The number of likely N-dealkylation sites (N-methyl/N-ethyl adjacent to an activating group) is 1. The Hall–Kier alpha value is -0.730. The molecule has 2 nitrogen and oxygen atoms in total. The Morgan fingerprint density at radius 3 is 2.00 bits per heavy atom. The second-order valence-electron chi connectivity index (χ2n) is 4.79. The molecule has 0 unspecified atom stereocenters. The van der Waals surface area contributed by atoms with Gasteiger partial charge < -0.3 is 9.80 Å². The number of anilines is 1. The number of nitrogens with zero attached hydrogens (tertiary/aromatic N) is 2. The van der Waals surface area contributed by atoms with Gasteiger partial charge in [0.1, 0.15) is 0 Å². The van der Waals surface area contributed by atoms with Crippen molar-refractivity contribution in [1.82, 2.24) is 4.90 Å². The van der Waals surface area contributed by atoms with Gasteiger partial charge in [-0.1, -0.05) is 25.4 Å². The normalized spacial score (nSPS) is 11.3. The molecular weight excluding hydrogens is 244 g/mol. The lowest BCUT2D eigenvalue weighted by molar-refractivity contribution is 0.307. The summed E-state index contributed by atoms with van der Waals surface area (Å²) in [6, 6.07) is 8.63. The van der Waals surface area contributed by atoms with E-state index < -0.39 is 0 Å². The molecule has 0 spiro atoms. The highest BCUT2D eigenvalue weighted by Gasteiger charge is 2.11. The lowest BCUT2D eigenvalue weighted by atomic mass is 10.2. The van der Waals surface area contributed by atoms with E-state index in [9.17, 15) is 0 Å². The standard InChI is InChI=1S/C15H25ClN2/c1-5-17(6-2)11-12-18(13(3)4)15-9-7-14(16)8-10-15/h7-10,13H,5-6,11-12H2,1-4H3. The first-order valence-corrected chi connectivity index (χ1v) is 7.20. The molecule has 1 rings (SSSR count). The molecule has 0 radical (unpaired) electrons. The number of benzene rings is 1. The topological polar surface area (TPSA) is 6.48 Å². The molecule has 0 saturated heterocycles. The van der Waals surface area contributed by atoms with Crippen molar-refractivity contribution in [3.63, 3.8) is 0 Å². The van der Waals surface area contributed by atoms with Crippen LogP contribution in [0.25, 0.3) is 0 Å². The smallest absolute Gasteiger partial charge is 0.0407 e. The van der Waals surface area contributed by atoms with Crippen LogP contribution in [-0.4, -0.2) is 37.1 Å². The fraction of sp³-hybridized carbons (Fsp3) is 0.600. The maximum absolute atomic E-state index is 5.94. The lowest BCUT2D eigenvalue weighted by Crippen LogP contribution is -2.38. The fourth-order valence-corrected chi connectivity index (χ4v) is 2.23. The van der Waals surface area contributed by atoms with Crippen LogP contribution < -0.4 is 4.90 Å². The average Bonchev–Trinajstić information content (AvgIpc) is 2.36. The zero-order valence-electron chi connectivity index (χ0n) is 12.0. The Morgan fingerprint density at radius 1 is 1.00 bits per heavy atom. The molecular formula is C15H25ClN2. The second-order valence-corrected chi connectivity index (χ2v) is 5.23. The molecule has 0 heterocycles. The molecule has 18 heavy (non-hydrogen) atoms. The summed E-state index contributed by atoms with van der Waals surface area (Å²) in [4.78, 5) is 4.87. The average molecular weight is 269 g/mol. The zero-order valence-corrected chi connectivity index (χ0v) is 12.7. The van der Waals surface area contributed by atoms with Crippen molar-refractivity contribution in [3.05, 3.63) is 29.3 Å². The van der Waals surface area contributed by atoms with E-state index in [2.05, 4.69) is 49.6 Å². The second kappa shape index (κ2) is 7.65. The van der Waals surface area contributed by atoms with Crippen LogP contribution >= 0.6 is 11.6 Å². The molecule has 0 saturated carbocycles. The van der Waals surface area contributed by atoms with Crippen molar-refractivity contribution in [2.24, 2.45) is 0 Å². The van der Waals surface area contributed by atoms with E-state index in [4.69, 9.17) is 11.6 Å². The Kier molecular flexibility index (Phi) is 6.51. The van der Waals surface area contributed by atoms with Crippen LogP contribution in [0.5, 0.6) is 0 Å². The van der Waals surface area contributed by atoms with Gasteiger partial charge in [0.25, 0.3) is 0 Å². The van der Waals surface area contributed by atoms with Gasteiger partial charge in [-0.2, -0.15) is 0 Å². The molecule has 102 valence electrons. The maximum Gasteiger partial charge on any atom is 0.0407 e. The Balaban J connectivity index is 2.68. The van der Waals surface area contributed by atoms with Gasteiger partial charge in [-0.05, 0) is 51.2 Å². The monoisotopic (exact) mass is 268 g/mol. The third-order valence-corrected chi connectivity index (χ3v) is 3.59. The van der Waals surface area contributed by atoms with Crippen LogP contribution in [0.1, 0.15) is 27.7 Å². The maximum atomic E-state index is 5.94. The number of halogens is 1. The number of hydrogen-bond donors (Lipinski definition) is 0.